The summed E-state index contributed by atoms with van der Waals surface area (Å²) in [7, 11) is 0. The van der Waals surface area contributed by atoms with Gasteiger partial charge in [0.25, 0.3) is 0 Å². The zero-order chi connectivity index (χ0) is 11.6. The molecule has 80 valence electrons. The first-order chi connectivity index (χ1) is 6.97. The van der Waals surface area contributed by atoms with Gasteiger partial charge < -0.3 is 10.1 Å². The molecule has 0 bridgehead atoms. The zero-order valence-corrected chi connectivity index (χ0v) is 9.14. The summed E-state index contributed by atoms with van der Waals surface area (Å²) in [4.78, 5) is 23.1. The Morgan fingerprint density at radius 3 is 2.60 bits per heavy atom. The van der Waals surface area contributed by atoms with E-state index < -0.39 is 22.9 Å². The molecule has 0 amide bonds. The highest BCUT2D eigenvalue weighted by Gasteiger charge is 2.25. The van der Waals surface area contributed by atoms with Crippen LogP contribution in [0.3, 0.4) is 0 Å². The van der Waals surface area contributed by atoms with Crippen LogP contribution < -0.4 is 0 Å². The molecule has 1 heterocycles. The van der Waals surface area contributed by atoms with Gasteiger partial charge in [0.15, 0.2) is 6.29 Å². The predicted octanol–water partition coefficient (Wildman–Crippen LogP) is 2.34. The molecule has 1 aromatic rings. The van der Waals surface area contributed by atoms with E-state index in [1.165, 1.54) is 0 Å². The van der Waals surface area contributed by atoms with Crippen LogP contribution in [0, 0.1) is 13.7 Å². The Morgan fingerprint density at radius 1 is 1.60 bits per heavy atom. The average Bonchev–Trinajstić information content (AvgIpc) is 2.16. The number of rotatable bonds is 3. The second-order valence-corrected chi connectivity index (χ2v) is 3.60. The maximum absolute atomic E-state index is 12.4. The van der Waals surface area contributed by atoms with Crippen LogP contribution in [-0.2, 0) is 0 Å². The molecule has 0 radical (unpaired) electrons. The van der Waals surface area contributed by atoms with E-state index in [0.29, 0.717) is 0 Å². The minimum Gasteiger partial charge on any atom is -0.358 e. The number of nitrogens with zero attached hydrogens (tertiary/aromatic N) is 2. The van der Waals surface area contributed by atoms with Crippen LogP contribution in [0.1, 0.15) is 22.5 Å². The molecule has 0 N–H and O–H groups in total. The maximum Gasteiger partial charge on any atom is 0.365 e. The number of carbonyl (C=O) groups excluding carboxylic acids is 1. The van der Waals surface area contributed by atoms with E-state index in [4.69, 9.17) is 0 Å². The Morgan fingerprint density at radius 2 is 2.20 bits per heavy atom. The lowest BCUT2D eigenvalue weighted by Gasteiger charge is -2.01. The quantitative estimate of drug-likeness (QED) is 0.369. The molecule has 0 aliphatic rings. The number of aromatic nitrogens is 1. The topological polar surface area (TPSA) is 73.1 Å². The molecule has 15 heavy (non-hydrogen) atoms. The minimum absolute atomic E-state index is 0.0830. The standard InChI is InChI=1S/C7H3F2IN2O3/c8-7(9)6-3(2-13)4(10)1-5(11-6)12(14)15/h1-2,7H. The third-order valence-electron chi connectivity index (χ3n) is 1.54. The fourth-order valence-corrected chi connectivity index (χ4v) is 1.59. The lowest BCUT2D eigenvalue weighted by molar-refractivity contribution is -0.389. The van der Waals surface area contributed by atoms with Crippen LogP contribution >= 0.6 is 22.6 Å². The van der Waals surface area contributed by atoms with Crippen LogP contribution in [0.4, 0.5) is 14.6 Å². The Bertz CT molecular complexity index is 425. The van der Waals surface area contributed by atoms with Crippen LogP contribution in [0.15, 0.2) is 6.07 Å². The van der Waals surface area contributed by atoms with Crippen LogP contribution in [0.5, 0.6) is 0 Å². The molecular formula is C7H3F2IN2O3. The van der Waals surface area contributed by atoms with Crippen LogP contribution in [-0.4, -0.2) is 16.2 Å². The lowest BCUT2D eigenvalue weighted by atomic mass is 10.2. The Labute approximate surface area is 95.8 Å². The molecular weight excluding hydrogens is 325 g/mol. The van der Waals surface area contributed by atoms with Gasteiger partial charge >= 0.3 is 12.2 Å². The molecule has 5 nitrogen and oxygen atoms in total. The second kappa shape index (κ2) is 4.55. The molecule has 0 unspecified atom stereocenters. The van der Waals surface area contributed by atoms with Gasteiger partial charge in [-0.15, -0.1) is 0 Å². The zero-order valence-electron chi connectivity index (χ0n) is 6.99. The van der Waals surface area contributed by atoms with Gasteiger partial charge in [0.1, 0.15) is 0 Å². The van der Waals surface area contributed by atoms with Crippen molar-refractivity contribution in [2.75, 3.05) is 0 Å². The van der Waals surface area contributed by atoms with Gasteiger partial charge in [0, 0.05) is 3.57 Å². The number of pyridine rings is 1. The maximum atomic E-state index is 12.4. The molecule has 1 aromatic heterocycles. The smallest absolute Gasteiger partial charge is 0.358 e. The Hall–Kier alpha value is -1.19. The van der Waals surface area contributed by atoms with Crippen molar-refractivity contribution >= 4 is 34.7 Å². The first-order valence-corrected chi connectivity index (χ1v) is 4.63. The van der Waals surface area contributed by atoms with Gasteiger partial charge in [-0.25, -0.2) is 8.78 Å². The SMILES string of the molecule is O=Cc1c(I)cc([N+](=O)[O-])nc1C(F)F. The van der Waals surface area contributed by atoms with Crippen LogP contribution in [0.25, 0.3) is 0 Å². The summed E-state index contributed by atoms with van der Waals surface area (Å²) in [5.74, 6) is -0.694. The third kappa shape index (κ3) is 2.43. The number of nitro groups is 1. The van der Waals surface area contributed by atoms with E-state index in [0.717, 1.165) is 6.07 Å². The van der Waals surface area contributed by atoms with Crippen molar-refractivity contribution in [3.05, 3.63) is 31.0 Å². The Balaban J connectivity index is 3.45. The van der Waals surface area contributed by atoms with Gasteiger partial charge in [0.05, 0.1) is 11.6 Å². The number of halogens is 3. The van der Waals surface area contributed by atoms with Gasteiger partial charge in [-0.2, -0.15) is 0 Å². The summed E-state index contributed by atoms with van der Waals surface area (Å²) >= 11 is 1.57. The fraction of sp³-hybridized carbons (Fsp3) is 0.143. The minimum atomic E-state index is -3.02. The van der Waals surface area contributed by atoms with E-state index in [-0.39, 0.29) is 15.4 Å². The molecule has 0 atom stereocenters. The summed E-state index contributed by atoms with van der Waals surface area (Å²) < 4.78 is 24.9. The summed E-state index contributed by atoms with van der Waals surface area (Å²) in [5, 5.41) is 10.3. The highest BCUT2D eigenvalue weighted by atomic mass is 127. The summed E-state index contributed by atoms with van der Waals surface area (Å²) in [5.41, 5.74) is -1.17. The molecule has 0 saturated carbocycles. The summed E-state index contributed by atoms with van der Waals surface area (Å²) in [6, 6.07) is 0.968. The second-order valence-electron chi connectivity index (χ2n) is 2.44. The molecule has 0 fully saturated rings. The van der Waals surface area contributed by atoms with E-state index >= 15 is 0 Å². The normalized spacial score (nSPS) is 10.4. The molecule has 1 rings (SSSR count). The number of hydrogen-bond acceptors (Lipinski definition) is 4. The molecule has 0 aliphatic heterocycles. The van der Waals surface area contributed by atoms with Gasteiger partial charge in [-0.3, -0.25) is 4.79 Å². The monoisotopic (exact) mass is 328 g/mol. The van der Waals surface area contributed by atoms with Crippen LogP contribution in [0.2, 0.25) is 0 Å². The molecule has 8 heteroatoms. The number of aldehydes is 1. The number of alkyl halides is 2. The lowest BCUT2D eigenvalue weighted by Crippen LogP contribution is -2.04. The van der Waals surface area contributed by atoms with Gasteiger partial charge in [-0.05, 0) is 32.5 Å². The van der Waals surface area contributed by atoms with E-state index in [1.54, 1.807) is 22.6 Å². The van der Waals surface area contributed by atoms with E-state index in [9.17, 15) is 23.7 Å². The molecule has 0 aliphatic carbocycles. The summed E-state index contributed by atoms with van der Waals surface area (Å²) in [6.45, 7) is 0. The fourth-order valence-electron chi connectivity index (χ4n) is 0.906. The largest absolute Gasteiger partial charge is 0.365 e. The van der Waals surface area contributed by atoms with Gasteiger partial charge in [0.2, 0.25) is 5.69 Å². The van der Waals surface area contributed by atoms with Crippen molar-refractivity contribution in [1.29, 1.82) is 0 Å². The van der Waals surface area contributed by atoms with E-state index in [2.05, 4.69) is 4.98 Å². The van der Waals surface area contributed by atoms with Crippen molar-refractivity contribution in [3.63, 3.8) is 0 Å². The number of carbonyl (C=O) groups is 1. The van der Waals surface area contributed by atoms with Gasteiger partial charge in [-0.1, -0.05) is 0 Å². The Kier molecular flexibility index (Phi) is 3.61. The molecule has 0 aromatic carbocycles. The first kappa shape index (κ1) is 11.9. The first-order valence-electron chi connectivity index (χ1n) is 3.55. The third-order valence-corrected chi connectivity index (χ3v) is 2.43. The summed E-state index contributed by atoms with van der Waals surface area (Å²) in [6.07, 6.45) is -2.81. The molecule has 0 spiro atoms. The van der Waals surface area contributed by atoms with E-state index in [1.807, 2.05) is 0 Å². The van der Waals surface area contributed by atoms with Crippen molar-refractivity contribution in [3.8, 4) is 0 Å². The van der Waals surface area contributed by atoms with Crippen molar-refractivity contribution in [2.24, 2.45) is 0 Å². The highest BCUT2D eigenvalue weighted by molar-refractivity contribution is 14.1. The van der Waals surface area contributed by atoms with Crippen molar-refractivity contribution < 1.29 is 18.5 Å². The molecule has 0 saturated heterocycles. The predicted molar refractivity (Wildman–Crippen MR) is 54.0 cm³/mol. The van der Waals surface area contributed by atoms with Crippen molar-refractivity contribution in [2.45, 2.75) is 6.43 Å². The number of hydrogen-bond donors (Lipinski definition) is 0. The highest BCUT2D eigenvalue weighted by Crippen LogP contribution is 2.26. The average molecular weight is 328 g/mol. The van der Waals surface area contributed by atoms with Crippen molar-refractivity contribution in [1.82, 2.24) is 4.98 Å².